The minimum atomic E-state index is -4.86. The van der Waals surface area contributed by atoms with Crippen LogP contribution >= 0.6 is 15.2 Å². The Morgan fingerprint density at radius 2 is 1.57 bits per heavy atom. The van der Waals surface area contributed by atoms with E-state index in [2.05, 4.69) is 0 Å². The molecule has 0 rings (SSSR count). The summed E-state index contributed by atoms with van der Waals surface area (Å²) < 4.78 is 20.9. The molecular formula is C4H10O8P2. The molecule has 0 aromatic rings. The predicted molar refractivity (Wildman–Crippen MR) is 45.0 cm³/mol. The first-order chi connectivity index (χ1) is 6.04. The monoisotopic (exact) mass is 248 g/mol. The average molecular weight is 248 g/mol. The zero-order valence-corrected chi connectivity index (χ0v) is 8.64. The molecule has 0 radical (unpaired) electrons. The van der Waals surface area contributed by atoms with Crippen molar-refractivity contribution in [1.29, 1.82) is 0 Å². The molecule has 5 N–H and O–H groups in total. The van der Waals surface area contributed by atoms with E-state index in [9.17, 15) is 13.9 Å². The second kappa shape index (κ2) is 4.53. The van der Waals surface area contributed by atoms with Crippen LogP contribution in [0.1, 0.15) is 6.42 Å². The molecule has 0 saturated carbocycles. The number of hydrogen-bond acceptors (Lipinski definition) is 3. The van der Waals surface area contributed by atoms with Crippen LogP contribution in [0, 0.1) is 0 Å². The van der Waals surface area contributed by atoms with Gasteiger partial charge in [0.2, 0.25) is 0 Å². The summed E-state index contributed by atoms with van der Waals surface area (Å²) in [5.41, 5.74) is -2.06. The van der Waals surface area contributed by atoms with Crippen LogP contribution in [0.3, 0.4) is 0 Å². The van der Waals surface area contributed by atoms with E-state index in [1.807, 2.05) is 0 Å². The number of carbonyl (C=O) groups is 1. The van der Waals surface area contributed by atoms with Crippen LogP contribution in [0.5, 0.6) is 0 Å². The van der Waals surface area contributed by atoms with Crippen LogP contribution in [-0.4, -0.2) is 42.5 Å². The molecule has 0 aromatic heterocycles. The fraction of sp³-hybridized carbons (Fsp3) is 0.750. The lowest BCUT2D eigenvalue weighted by molar-refractivity contribution is -0.136. The van der Waals surface area contributed by atoms with Crippen LogP contribution in [0.4, 0.5) is 0 Å². The molecular weight excluding hydrogens is 238 g/mol. The molecule has 0 aliphatic carbocycles. The lowest BCUT2D eigenvalue weighted by Crippen LogP contribution is -2.21. The highest BCUT2D eigenvalue weighted by molar-refractivity contribution is 7.54. The third-order valence-electron chi connectivity index (χ3n) is 1.38. The van der Waals surface area contributed by atoms with E-state index in [0.29, 0.717) is 0 Å². The maximum atomic E-state index is 10.6. The van der Waals surface area contributed by atoms with E-state index in [0.717, 1.165) is 0 Å². The lowest BCUT2D eigenvalue weighted by Gasteiger charge is -2.13. The molecule has 0 fully saturated rings. The second-order valence-corrected chi connectivity index (χ2v) is 6.20. The van der Waals surface area contributed by atoms with Crippen LogP contribution < -0.4 is 0 Å². The quantitative estimate of drug-likeness (QED) is 0.396. The predicted octanol–water partition coefficient (Wildman–Crippen LogP) is -0.815. The minimum Gasteiger partial charge on any atom is -0.481 e. The number of carboxylic acid groups (broad SMARTS) is 1. The number of rotatable bonds is 5. The molecule has 10 heteroatoms. The molecule has 0 aliphatic rings. The van der Waals surface area contributed by atoms with E-state index in [4.69, 9.17) is 24.7 Å². The summed E-state index contributed by atoms with van der Waals surface area (Å²) in [5, 5.41) is 8.36. The average Bonchev–Trinajstić information content (AvgIpc) is 1.79. The third kappa shape index (κ3) is 5.49. The second-order valence-electron chi connectivity index (χ2n) is 2.62. The van der Waals surface area contributed by atoms with Gasteiger partial charge < -0.3 is 24.7 Å². The molecule has 1 unspecified atom stereocenters. The third-order valence-corrected chi connectivity index (χ3v) is 3.52. The Labute approximate surface area is 78.9 Å². The summed E-state index contributed by atoms with van der Waals surface area (Å²) in [6.45, 7) is 0. The van der Waals surface area contributed by atoms with E-state index >= 15 is 0 Å². The zero-order chi connectivity index (χ0) is 11.6. The van der Waals surface area contributed by atoms with Gasteiger partial charge in [-0.2, -0.15) is 0 Å². The Morgan fingerprint density at radius 1 is 1.14 bits per heavy atom. The molecule has 0 aliphatic heterocycles. The molecule has 0 aromatic carbocycles. The van der Waals surface area contributed by atoms with Gasteiger partial charge >= 0.3 is 21.2 Å². The van der Waals surface area contributed by atoms with Crippen LogP contribution in [0.25, 0.3) is 0 Å². The van der Waals surface area contributed by atoms with Gasteiger partial charge in [-0.25, -0.2) is 0 Å². The molecule has 8 nitrogen and oxygen atoms in total. The summed E-state index contributed by atoms with van der Waals surface area (Å²) in [4.78, 5) is 44.1. The van der Waals surface area contributed by atoms with E-state index in [1.165, 1.54) is 0 Å². The Morgan fingerprint density at radius 3 is 1.79 bits per heavy atom. The Bertz CT molecular complexity index is 298. The topological polar surface area (TPSA) is 152 Å². The van der Waals surface area contributed by atoms with Gasteiger partial charge in [0.1, 0.15) is 0 Å². The van der Waals surface area contributed by atoms with Crippen molar-refractivity contribution in [1.82, 2.24) is 0 Å². The fourth-order valence-corrected chi connectivity index (χ4v) is 2.28. The summed E-state index contributed by atoms with van der Waals surface area (Å²) in [6.07, 6.45) is -1.63. The molecule has 0 amide bonds. The SMILES string of the molecule is O=C(O)C(CCP(=O)(O)O)P(=O)(O)O. The number of hydrogen-bond donors (Lipinski definition) is 5. The van der Waals surface area contributed by atoms with Gasteiger partial charge in [0, 0.05) is 0 Å². The van der Waals surface area contributed by atoms with Crippen LogP contribution in [-0.2, 0) is 13.9 Å². The van der Waals surface area contributed by atoms with Crippen molar-refractivity contribution < 1.29 is 38.6 Å². The standard InChI is InChI=1S/C4H10O8P2/c5-4(6)3(14(10,11)12)1-2-13(7,8)9/h3H,1-2H2,(H,5,6)(H2,7,8,9)(H2,10,11,12). The smallest absolute Gasteiger partial charge is 0.339 e. The van der Waals surface area contributed by atoms with Crippen molar-refractivity contribution in [3.05, 3.63) is 0 Å². The summed E-state index contributed by atoms with van der Waals surface area (Å²) >= 11 is 0. The van der Waals surface area contributed by atoms with Crippen molar-refractivity contribution >= 4 is 21.2 Å². The van der Waals surface area contributed by atoms with Crippen molar-refractivity contribution in [3.8, 4) is 0 Å². The Kier molecular flexibility index (Phi) is 4.45. The summed E-state index contributed by atoms with van der Waals surface area (Å²) in [7, 11) is -9.30. The Hall–Kier alpha value is -0.230. The van der Waals surface area contributed by atoms with E-state index in [-0.39, 0.29) is 0 Å². The molecule has 0 saturated heterocycles. The maximum absolute atomic E-state index is 10.6. The van der Waals surface area contributed by atoms with Crippen LogP contribution in [0.2, 0.25) is 0 Å². The summed E-state index contributed by atoms with van der Waals surface area (Å²) in [5.74, 6) is -1.77. The van der Waals surface area contributed by atoms with Gasteiger partial charge in [0.15, 0.2) is 5.66 Å². The van der Waals surface area contributed by atoms with Gasteiger partial charge in [-0.05, 0) is 6.42 Å². The molecule has 84 valence electrons. The van der Waals surface area contributed by atoms with Gasteiger partial charge in [-0.15, -0.1) is 0 Å². The number of carboxylic acids is 1. The molecule has 14 heavy (non-hydrogen) atoms. The first kappa shape index (κ1) is 13.8. The molecule has 0 bridgehead atoms. The maximum Gasteiger partial charge on any atom is 0.339 e. The van der Waals surface area contributed by atoms with Gasteiger partial charge in [-0.3, -0.25) is 13.9 Å². The highest BCUT2D eigenvalue weighted by Gasteiger charge is 2.36. The fourth-order valence-electron chi connectivity index (χ4n) is 0.726. The Balaban J connectivity index is 4.51. The number of aliphatic carboxylic acids is 1. The van der Waals surface area contributed by atoms with Crippen molar-refractivity contribution in [3.63, 3.8) is 0 Å². The van der Waals surface area contributed by atoms with E-state index in [1.54, 1.807) is 0 Å². The minimum absolute atomic E-state index is 0.760. The van der Waals surface area contributed by atoms with Gasteiger partial charge in [0.25, 0.3) is 0 Å². The molecule has 0 heterocycles. The largest absolute Gasteiger partial charge is 0.481 e. The highest BCUT2D eigenvalue weighted by atomic mass is 31.2. The lowest BCUT2D eigenvalue weighted by atomic mass is 10.3. The molecule has 0 spiro atoms. The van der Waals surface area contributed by atoms with Crippen LogP contribution in [0.15, 0.2) is 0 Å². The van der Waals surface area contributed by atoms with Crippen molar-refractivity contribution in [2.75, 3.05) is 6.16 Å². The zero-order valence-electron chi connectivity index (χ0n) is 6.85. The molecule has 1 atom stereocenters. The first-order valence-corrected chi connectivity index (χ1v) is 6.84. The van der Waals surface area contributed by atoms with Gasteiger partial charge in [-0.1, -0.05) is 0 Å². The van der Waals surface area contributed by atoms with E-state index < -0.39 is 39.4 Å². The first-order valence-electron chi connectivity index (χ1n) is 3.36. The highest BCUT2D eigenvalue weighted by Crippen LogP contribution is 2.46. The normalized spacial score (nSPS) is 15.1. The van der Waals surface area contributed by atoms with Crippen molar-refractivity contribution in [2.45, 2.75) is 12.1 Å². The van der Waals surface area contributed by atoms with Gasteiger partial charge in [0.05, 0.1) is 6.16 Å². The summed E-state index contributed by atoms with van der Waals surface area (Å²) in [6, 6.07) is 0. The van der Waals surface area contributed by atoms with Crippen molar-refractivity contribution in [2.24, 2.45) is 0 Å².